The molecule has 2 nitrogen and oxygen atoms in total. The summed E-state index contributed by atoms with van der Waals surface area (Å²) in [5, 5.41) is 7.45. The Labute approximate surface area is 111 Å². The number of rotatable bonds is 1. The van der Waals surface area contributed by atoms with E-state index in [9.17, 15) is 0 Å². The predicted octanol–water partition coefficient (Wildman–Crippen LogP) is 3.62. The molecule has 4 aromatic rings. The van der Waals surface area contributed by atoms with Gasteiger partial charge in [0.25, 0.3) is 0 Å². The molecule has 0 saturated heterocycles. The number of hydrogen-bond donors (Lipinski definition) is 1. The fourth-order valence-corrected chi connectivity index (χ4v) is 2.95. The molecule has 4 rings (SSSR count). The van der Waals surface area contributed by atoms with Gasteiger partial charge in [0, 0.05) is 17.5 Å². The summed E-state index contributed by atoms with van der Waals surface area (Å²) >= 11 is 0. The van der Waals surface area contributed by atoms with Crippen molar-refractivity contribution in [3.63, 3.8) is 0 Å². The van der Waals surface area contributed by atoms with Crippen LogP contribution in [0.2, 0.25) is 0 Å². The standard InChI is InChI=1S/C17H14N2/c1-2-12-11-15-16-9-5-6-10-19(16)18-17(15)14-8-4-3-7-13(12)14/h3-11H,2H2,1H3/p+1. The van der Waals surface area contributed by atoms with Crippen molar-refractivity contribution in [1.82, 2.24) is 5.10 Å². The normalized spacial score (nSPS) is 11.6. The van der Waals surface area contributed by atoms with Crippen molar-refractivity contribution in [2.24, 2.45) is 0 Å². The lowest BCUT2D eigenvalue weighted by molar-refractivity contribution is -0.574. The van der Waals surface area contributed by atoms with Crippen molar-refractivity contribution in [2.45, 2.75) is 13.3 Å². The second kappa shape index (κ2) is 3.82. The highest BCUT2D eigenvalue weighted by Gasteiger charge is 2.15. The second-order valence-corrected chi connectivity index (χ2v) is 4.93. The van der Waals surface area contributed by atoms with Crippen molar-refractivity contribution >= 4 is 27.2 Å². The summed E-state index contributed by atoms with van der Waals surface area (Å²) < 4.78 is 2.09. The first-order chi connectivity index (χ1) is 9.38. The summed E-state index contributed by atoms with van der Waals surface area (Å²) in [4.78, 5) is 0. The van der Waals surface area contributed by atoms with Crippen LogP contribution in [-0.2, 0) is 6.42 Å². The SMILES string of the molecule is CCc1cc2c([nH][n+]3ccccc23)c2ccccc12. The van der Waals surface area contributed by atoms with Crippen molar-refractivity contribution in [3.05, 3.63) is 60.3 Å². The van der Waals surface area contributed by atoms with E-state index in [0.29, 0.717) is 0 Å². The van der Waals surface area contributed by atoms with Gasteiger partial charge in [-0.25, -0.2) is 0 Å². The number of aryl methyl sites for hydroxylation is 1. The summed E-state index contributed by atoms with van der Waals surface area (Å²) in [7, 11) is 0. The molecule has 2 aromatic heterocycles. The number of H-pyrrole nitrogens is 1. The topological polar surface area (TPSA) is 19.9 Å². The lowest BCUT2D eigenvalue weighted by Gasteiger charge is -2.04. The molecule has 0 spiro atoms. The third kappa shape index (κ3) is 1.40. The molecular weight excluding hydrogens is 232 g/mol. The fraction of sp³-hybridized carbons (Fsp3) is 0.118. The molecule has 0 aliphatic heterocycles. The lowest BCUT2D eigenvalue weighted by atomic mass is 9.99. The molecule has 0 atom stereocenters. The Kier molecular flexibility index (Phi) is 2.12. The highest BCUT2D eigenvalue weighted by Crippen LogP contribution is 2.29. The van der Waals surface area contributed by atoms with Crippen LogP contribution >= 0.6 is 0 Å². The van der Waals surface area contributed by atoms with Crippen LogP contribution < -0.4 is 4.52 Å². The Hall–Kier alpha value is -2.35. The highest BCUT2D eigenvalue weighted by atomic mass is 15.2. The second-order valence-electron chi connectivity index (χ2n) is 4.93. The van der Waals surface area contributed by atoms with Crippen molar-refractivity contribution < 1.29 is 4.52 Å². The van der Waals surface area contributed by atoms with Gasteiger partial charge >= 0.3 is 0 Å². The molecule has 0 fully saturated rings. The number of aromatic nitrogens is 2. The number of nitrogens with zero attached hydrogens (tertiary/aromatic N) is 1. The molecule has 0 saturated carbocycles. The minimum Gasteiger partial charge on any atom is -0.159 e. The molecule has 0 amide bonds. The quantitative estimate of drug-likeness (QED) is 0.496. The smallest absolute Gasteiger partial charge is 0.159 e. The summed E-state index contributed by atoms with van der Waals surface area (Å²) in [6.07, 6.45) is 3.12. The van der Waals surface area contributed by atoms with Gasteiger partial charge in [-0.3, -0.25) is 0 Å². The van der Waals surface area contributed by atoms with E-state index in [1.807, 2.05) is 6.07 Å². The van der Waals surface area contributed by atoms with E-state index in [1.165, 1.54) is 32.8 Å². The molecule has 0 unspecified atom stereocenters. The maximum Gasteiger partial charge on any atom is 0.245 e. The molecule has 2 aromatic carbocycles. The number of hydrogen-bond acceptors (Lipinski definition) is 0. The number of pyridine rings is 1. The first kappa shape index (κ1) is 10.6. The van der Waals surface area contributed by atoms with E-state index in [1.54, 1.807) is 0 Å². The number of benzene rings is 2. The third-order valence-corrected chi connectivity index (χ3v) is 3.88. The maximum atomic E-state index is 3.49. The van der Waals surface area contributed by atoms with Crippen LogP contribution in [0.1, 0.15) is 12.5 Å². The molecular formula is C17H15N2+. The Balaban J connectivity index is 2.32. The Bertz CT molecular complexity index is 903. The number of fused-ring (bicyclic) bond motifs is 5. The van der Waals surface area contributed by atoms with Gasteiger partial charge in [0.2, 0.25) is 11.7 Å². The molecule has 2 heterocycles. The average Bonchev–Trinajstić information content (AvgIpc) is 2.85. The van der Waals surface area contributed by atoms with Gasteiger partial charge in [0.05, 0.1) is 5.39 Å². The van der Waals surface area contributed by atoms with Gasteiger partial charge in [-0.1, -0.05) is 35.7 Å². The van der Waals surface area contributed by atoms with Gasteiger partial charge in [0.15, 0.2) is 0 Å². The van der Waals surface area contributed by atoms with E-state index >= 15 is 0 Å². The van der Waals surface area contributed by atoms with Gasteiger partial charge in [-0.2, -0.15) is 5.10 Å². The van der Waals surface area contributed by atoms with Gasteiger partial charge in [0.1, 0.15) is 5.52 Å². The monoisotopic (exact) mass is 247 g/mol. The first-order valence-corrected chi connectivity index (χ1v) is 6.71. The average molecular weight is 247 g/mol. The Morgan fingerprint density at radius 2 is 1.74 bits per heavy atom. The predicted molar refractivity (Wildman–Crippen MR) is 78.3 cm³/mol. The van der Waals surface area contributed by atoms with E-state index in [0.717, 1.165) is 6.42 Å². The zero-order valence-electron chi connectivity index (χ0n) is 10.9. The molecule has 19 heavy (non-hydrogen) atoms. The van der Waals surface area contributed by atoms with Crippen LogP contribution in [0.25, 0.3) is 27.2 Å². The summed E-state index contributed by atoms with van der Waals surface area (Å²) in [5.41, 5.74) is 3.87. The number of nitrogens with one attached hydrogen (secondary N) is 1. The Morgan fingerprint density at radius 3 is 2.58 bits per heavy atom. The maximum absolute atomic E-state index is 3.49. The third-order valence-electron chi connectivity index (χ3n) is 3.88. The molecule has 2 heteroatoms. The van der Waals surface area contributed by atoms with Crippen LogP contribution in [0.4, 0.5) is 0 Å². The summed E-state index contributed by atoms with van der Waals surface area (Å²) in [6.45, 7) is 2.22. The van der Waals surface area contributed by atoms with Crippen LogP contribution in [0.3, 0.4) is 0 Å². The fourth-order valence-electron chi connectivity index (χ4n) is 2.95. The minimum absolute atomic E-state index is 1.06. The van der Waals surface area contributed by atoms with E-state index in [-0.39, 0.29) is 0 Å². The minimum atomic E-state index is 1.06. The summed E-state index contributed by atoms with van der Waals surface area (Å²) in [5.74, 6) is 0. The molecule has 1 N–H and O–H groups in total. The summed E-state index contributed by atoms with van der Waals surface area (Å²) in [6, 6.07) is 17.3. The van der Waals surface area contributed by atoms with Crippen LogP contribution in [0.5, 0.6) is 0 Å². The van der Waals surface area contributed by atoms with Gasteiger partial charge in [-0.05, 0) is 29.5 Å². The lowest BCUT2D eigenvalue weighted by Crippen LogP contribution is -2.20. The first-order valence-electron chi connectivity index (χ1n) is 6.71. The van der Waals surface area contributed by atoms with Crippen molar-refractivity contribution in [1.29, 1.82) is 0 Å². The van der Waals surface area contributed by atoms with E-state index in [2.05, 4.69) is 65.2 Å². The van der Waals surface area contributed by atoms with Gasteiger partial charge in [-0.15, -0.1) is 0 Å². The van der Waals surface area contributed by atoms with Crippen LogP contribution in [0, 0.1) is 0 Å². The zero-order valence-corrected chi connectivity index (χ0v) is 10.9. The zero-order chi connectivity index (χ0) is 12.8. The van der Waals surface area contributed by atoms with Crippen molar-refractivity contribution in [2.75, 3.05) is 0 Å². The molecule has 0 radical (unpaired) electrons. The number of aromatic amines is 1. The molecule has 0 aliphatic carbocycles. The van der Waals surface area contributed by atoms with Crippen LogP contribution in [0.15, 0.2) is 54.7 Å². The Morgan fingerprint density at radius 1 is 0.947 bits per heavy atom. The molecule has 0 aliphatic rings. The molecule has 0 bridgehead atoms. The largest absolute Gasteiger partial charge is 0.245 e. The van der Waals surface area contributed by atoms with Gasteiger partial charge < -0.3 is 0 Å². The van der Waals surface area contributed by atoms with E-state index in [4.69, 9.17) is 0 Å². The van der Waals surface area contributed by atoms with Crippen molar-refractivity contribution in [3.8, 4) is 0 Å². The molecule has 92 valence electrons. The van der Waals surface area contributed by atoms with Crippen LogP contribution in [-0.4, -0.2) is 5.10 Å². The van der Waals surface area contributed by atoms with E-state index < -0.39 is 0 Å². The highest BCUT2D eigenvalue weighted by molar-refractivity contribution is 6.10.